The first-order chi connectivity index (χ1) is 6.83. The molecular weight excluding hydrogens is 182 g/mol. The summed E-state index contributed by atoms with van der Waals surface area (Å²) in [4.78, 5) is 2.35. The molecule has 1 heterocycles. The molecular formula is C9H21N3O2. The van der Waals surface area contributed by atoms with Gasteiger partial charge in [0.25, 0.3) is 0 Å². The molecule has 0 radical (unpaired) electrons. The second-order valence-corrected chi connectivity index (χ2v) is 3.55. The molecule has 1 fully saturated rings. The summed E-state index contributed by atoms with van der Waals surface area (Å²) in [6.07, 6.45) is -0.417. The van der Waals surface area contributed by atoms with Gasteiger partial charge in [-0.3, -0.25) is 4.90 Å². The summed E-state index contributed by atoms with van der Waals surface area (Å²) < 4.78 is 5.24. The Morgan fingerprint density at radius 1 is 1.43 bits per heavy atom. The van der Waals surface area contributed by atoms with E-state index in [1.54, 1.807) is 0 Å². The molecule has 5 heteroatoms. The largest absolute Gasteiger partial charge is 0.390 e. The maximum absolute atomic E-state index is 9.17. The van der Waals surface area contributed by atoms with Crippen LogP contribution in [0.3, 0.4) is 0 Å². The van der Waals surface area contributed by atoms with E-state index in [9.17, 15) is 5.11 Å². The first-order valence-corrected chi connectivity index (χ1v) is 5.22. The molecule has 4 N–H and O–H groups in total. The quantitative estimate of drug-likeness (QED) is 0.446. The molecule has 14 heavy (non-hydrogen) atoms. The molecule has 0 aromatic heterocycles. The number of ether oxygens (including phenoxy) is 1. The molecule has 0 saturated carbocycles. The zero-order chi connectivity index (χ0) is 10.2. The van der Waals surface area contributed by atoms with Gasteiger partial charge >= 0.3 is 0 Å². The lowest BCUT2D eigenvalue weighted by molar-refractivity contribution is 0.0380. The van der Waals surface area contributed by atoms with Crippen LogP contribution in [0.2, 0.25) is 0 Å². The van der Waals surface area contributed by atoms with E-state index < -0.39 is 6.10 Å². The Labute approximate surface area is 85.2 Å². The van der Waals surface area contributed by atoms with Gasteiger partial charge in [-0.1, -0.05) is 0 Å². The Kier molecular flexibility index (Phi) is 6.05. The highest BCUT2D eigenvalue weighted by Gasteiger charge is 2.09. The molecule has 1 aliphatic heterocycles. The van der Waals surface area contributed by atoms with Crippen molar-refractivity contribution in [3.05, 3.63) is 0 Å². The van der Waals surface area contributed by atoms with E-state index in [0.29, 0.717) is 13.1 Å². The van der Waals surface area contributed by atoms with Crippen molar-refractivity contribution in [2.75, 3.05) is 52.5 Å². The number of hydrogen-bond acceptors (Lipinski definition) is 5. The van der Waals surface area contributed by atoms with E-state index in [1.165, 1.54) is 0 Å². The maximum Gasteiger partial charge on any atom is 0.0786 e. The first-order valence-electron chi connectivity index (χ1n) is 5.22. The van der Waals surface area contributed by atoms with Gasteiger partial charge in [-0.2, -0.15) is 0 Å². The second-order valence-electron chi connectivity index (χ2n) is 3.55. The summed E-state index contributed by atoms with van der Waals surface area (Å²) in [6, 6.07) is 0. The standard InChI is InChI=1S/C9H21N3O2/c10-7-9(13)8-11-1-2-12-3-5-14-6-4-12/h9,11,13H,1-8,10H2. The van der Waals surface area contributed by atoms with Crippen LogP contribution in [0, 0.1) is 0 Å². The fourth-order valence-corrected chi connectivity index (χ4v) is 1.41. The van der Waals surface area contributed by atoms with Crippen molar-refractivity contribution in [2.45, 2.75) is 6.10 Å². The highest BCUT2D eigenvalue weighted by molar-refractivity contribution is 4.65. The highest BCUT2D eigenvalue weighted by atomic mass is 16.5. The molecule has 0 aliphatic carbocycles. The molecule has 0 aromatic rings. The van der Waals surface area contributed by atoms with Crippen molar-refractivity contribution < 1.29 is 9.84 Å². The van der Waals surface area contributed by atoms with Gasteiger partial charge in [0.2, 0.25) is 0 Å². The van der Waals surface area contributed by atoms with Crippen LogP contribution in [0.5, 0.6) is 0 Å². The molecule has 1 saturated heterocycles. The summed E-state index contributed by atoms with van der Waals surface area (Å²) in [5.41, 5.74) is 5.28. The summed E-state index contributed by atoms with van der Waals surface area (Å²) in [5, 5.41) is 12.3. The summed E-state index contributed by atoms with van der Waals surface area (Å²) in [5.74, 6) is 0. The predicted octanol–water partition coefficient (Wildman–Crippen LogP) is -1.77. The number of aliphatic hydroxyl groups excluding tert-OH is 1. The summed E-state index contributed by atoms with van der Waals surface area (Å²) in [7, 11) is 0. The summed E-state index contributed by atoms with van der Waals surface area (Å²) in [6.45, 7) is 6.53. The van der Waals surface area contributed by atoms with Crippen molar-refractivity contribution in [1.29, 1.82) is 0 Å². The van der Waals surface area contributed by atoms with Crippen LogP contribution in [-0.4, -0.2) is 68.6 Å². The van der Waals surface area contributed by atoms with Gasteiger partial charge in [0.1, 0.15) is 0 Å². The Morgan fingerprint density at radius 2 is 2.14 bits per heavy atom. The maximum atomic E-state index is 9.17. The third kappa shape index (κ3) is 4.88. The van der Waals surface area contributed by atoms with Crippen LogP contribution in [0.25, 0.3) is 0 Å². The fraction of sp³-hybridized carbons (Fsp3) is 1.00. The third-order valence-electron chi connectivity index (χ3n) is 2.36. The van der Waals surface area contributed by atoms with Crippen molar-refractivity contribution in [3.63, 3.8) is 0 Å². The zero-order valence-electron chi connectivity index (χ0n) is 8.61. The Hall–Kier alpha value is -0.200. The minimum absolute atomic E-state index is 0.324. The topological polar surface area (TPSA) is 70.8 Å². The van der Waals surface area contributed by atoms with Crippen molar-refractivity contribution >= 4 is 0 Å². The number of morpholine rings is 1. The average molecular weight is 203 g/mol. The van der Waals surface area contributed by atoms with E-state index in [0.717, 1.165) is 39.4 Å². The third-order valence-corrected chi connectivity index (χ3v) is 2.36. The Bertz CT molecular complexity index is 140. The van der Waals surface area contributed by atoms with Gasteiger partial charge in [-0.05, 0) is 0 Å². The van der Waals surface area contributed by atoms with E-state index in [1.807, 2.05) is 0 Å². The van der Waals surface area contributed by atoms with Gasteiger partial charge in [0.15, 0.2) is 0 Å². The lowest BCUT2D eigenvalue weighted by Crippen LogP contribution is -2.42. The number of nitrogens with one attached hydrogen (secondary N) is 1. The smallest absolute Gasteiger partial charge is 0.0786 e. The van der Waals surface area contributed by atoms with Crippen LogP contribution >= 0.6 is 0 Å². The van der Waals surface area contributed by atoms with Crippen molar-refractivity contribution in [1.82, 2.24) is 10.2 Å². The molecule has 1 aliphatic rings. The number of nitrogens with zero attached hydrogens (tertiary/aromatic N) is 1. The highest BCUT2D eigenvalue weighted by Crippen LogP contribution is 1.94. The number of nitrogens with two attached hydrogens (primary N) is 1. The molecule has 84 valence electrons. The van der Waals surface area contributed by atoms with Gasteiger partial charge in [0.05, 0.1) is 19.3 Å². The van der Waals surface area contributed by atoms with Crippen LogP contribution < -0.4 is 11.1 Å². The number of aliphatic hydroxyl groups is 1. The predicted molar refractivity (Wildman–Crippen MR) is 55.2 cm³/mol. The average Bonchev–Trinajstić information content (AvgIpc) is 2.25. The fourth-order valence-electron chi connectivity index (χ4n) is 1.41. The normalized spacial score (nSPS) is 21.0. The van der Waals surface area contributed by atoms with E-state index >= 15 is 0 Å². The minimum Gasteiger partial charge on any atom is -0.390 e. The summed E-state index contributed by atoms with van der Waals surface area (Å²) >= 11 is 0. The number of rotatable bonds is 6. The second kappa shape index (κ2) is 7.14. The molecule has 1 unspecified atom stereocenters. The van der Waals surface area contributed by atoms with Gasteiger partial charge in [0, 0.05) is 39.3 Å². The van der Waals surface area contributed by atoms with Crippen molar-refractivity contribution in [2.24, 2.45) is 5.73 Å². The Balaban J connectivity index is 1.92. The van der Waals surface area contributed by atoms with E-state index in [-0.39, 0.29) is 0 Å². The molecule has 0 amide bonds. The molecule has 0 aromatic carbocycles. The minimum atomic E-state index is -0.417. The SMILES string of the molecule is NCC(O)CNCCN1CCOCC1. The van der Waals surface area contributed by atoms with Crippen LogP contribution in [-0.2, 0) is 4.74 Å². The Morgan fingerprint density at radius 3 is 2.79 bits per heavy atom. The van der Waals surface area contributed by atoms with E-state index in [2.05, 4.69) is 10.2 Å². The van der Waals surface area contributed by atoms with Gasteiger partial charge < -0.3 is 20.9 Å². The molecule has 5 nitrogen and oxygen atoms in total. The van der Waals surface area contributed by atoms with E-state index in [4.69, 9.17) is 10.5 Å². The van der Waals surface area contributed by atoms with Crippen LogP contribution in [0.15, 0.2) is 0 Å². The van der Waals surface area contributed by atoms with Crippen molar-refractivity contribution in [3.8, 4) is 0 Å². The lowest BCUT2D eigenvalue weighted by atomic mass is 10.3. The molecule has 0 bridgehead atoms. The molecule has 1 atom stereocenters. The zero-order valence-corrected chi connectivity index (χ0v) is 8.61. The first kappa shape index (κ1) is 11.9. The van der Waals surface area contributed by atoms with Gasteiger partial charge in [-0.25, -0.2) is 0 Å². The number of hydrogen-bond donors (Lipinski definition) is 3. The van der Waals surface area contributed by atoms with Crippen LogP contribution in [0.4, 0.5) is 0 Å². The lowest BCUT2D eigenvalue weighted by Gasteiger charge is -2.26. The monoisotopic (exact) mass is 203 g/mol. The van der Waals surface area contributed by atoms with Crippen LogP contribution in [0.1, 0.15) is 0 Å². The van der Waals surface area contributed by atoms with Gasteiger partial charge in [-0.15, -0.1) is 0 Å². The molecule has 0 spiro atoms. The molecule has 1 rings (SSSR count).